The van der Waals surface area contributed by atoms with Gasteiger partial charge in [-0.25, -0.2) is 4.68 Å². The van der Waals surface area contributed by atoms with Crippen molar-refractivity contribution in [1.82, 2.24) is 25.2 Å². The highest BCUT2D eigenvalue weighted by Gasteiger charge is 2.34. The molecule has 0 unspecified atom stereocenters. The van der Waals surface area contributed by atoms with E-state index >= 15 is 0 Å². The lowest BCUT2D eigenvalue weighted by Gasteiger charge is -2.29. The Labute approximate surface area is 185 Å². The Hall–Kier alpha value is -3.52. The summed E-state index contributed by atoms with van der Waals surface area (Å²) >= 11 is 0. The van der Waals surface area contributed by atoms with E-state index in [0.29, 0.717) is 24.5 Å². The number of aromatic nitrogens is 5. The molecule has 0 saturated heterocycles. The summed E-state index contributed by atoms with van der Waals surface area (Å²) in [5.41, 5.74) is 5.95. The van der Waals surface area contributed by atoms with Crippen molar-refractivity contribution in [2.24, 2.45) is 0 Å². The number of fused-ring (bicyclic) bond motifs is 2. The topological polar surface area (TPSA) is 88.9 Å². The van der Waals surface area contributed by atoms with E-state index in [0.717, 1.165) is 40.7 Å². The van der Waals surface area contributed by atoms with Crippen LogP contribution in [-0.4, -0.2) is 45.5 Å². The number of rotatable bonds is 6. The van der Waals surface area contributed by atoms with Crippen molar-refractivity contribution < 1.29 is 4.74 Å². The number of ether oxygens (including phenoxy) is 1. The van der Waals surface area contributed by atoms with Crippen LogP contribution in [0.25, 0.3) is 10.9 Å². The monoisotopic (exact) mass is 430 g/mol. The second-order valence-corrected chi connectivity index (χ2v) is 8.33. The number of hydrogen-bond acceptors (Lipinski definition) is 6. The molecule has 0 bridgehead atoms. The van der Waals surface area contributed by atoms with Gasteiger partial charge in [-0.15, -0.1) is 5.10 Å². The first-order valence-corrected chi connectivity index (χ1v) is 10.8. The van der Waals surface area contributed by atoms with Crippen molar-refractivity contribution in [3.8, 4) is 0 Å². The Balaban J connectivity index is 1.72. The third-order valence-corrected chi connectivity index (χ3v) is 6.16. The Morgan fingerprint density at radius 1 is 1.19 bits per heavy atom. The number of H-pyrrole nitrogens is 1. The lowest BCUT2D eigenvalue weighted by atomic mass is 10.0. The van der Waals surface area contributed by atoms with Gasteiger partial charge in [0.05, 0.1) is 18.7 Å². The van der Waals surface area contributed by atoms with Crippen molar-refractivity contribution in [3.05, 3.63) is 80.9 Å². The van der Waals surface area contributed by atoms with Crippen LogP contribution in [0.3, 0.4) is 0 Å². The van der Waals surface area contributed by atoms with E-state index in [-0.39, 0.29) is 5.56 Å². The maximum atomic E-state index is 13.4. The molecular weight excluding hydrogens is 404 g/mol. The average molecular weight is 431 g/mol. The highest BCUT2D eigenvalue weighted by atomic mass is 16.5. The number of pyridine rings is 1. The molecule has 4 aromatic rings. The van der Waals surface area contributed by atoms with Crippen LogP contribution >= 0.6 is 0 Å². The predicted octanol–water partition coefficient (Wildman–Crippen LogP) is 2.93. The standard InChI is InChI=1S/C24H26N6O2/c1-15-12-16(2)21-18(13-15)14-19(24(31)25-21)22(23-26-27-28-30(23)10-11-32-3)29-9-8-17-6-4-5-7-20(17)29/h4-7,12-14,22H,8-11H2,1-3H3,(H,25,31)/t22-/m1/s1. The minimum absolute atomic E-state index is 0.125. The Bertz CT molecular complexity index is 1340. The van der Waals surface area contributed by atoms with E-state index in [9.17, 15) is 4.79 Å². The van der Waals surface area contributed by atoms with Crippen molar-refractivity contribution in [2.45, 2.75) is 32.9 Å². The van der Waals surface area contributed by atoms with E-state index in [2.05, 4.69) is 56.6 Å². The fraction of sp³-hybridized carbons (Fsp3) is 0.333. The molecule has 164 valence electrons. The third kappa shape index (κ3) is 3.46. The second kappa shape index (κ2) is 8.20. The minimum atomic E-state index is -0.417. The van der Waals surface area contributed by atoms with Crippen LogP contribution in [0.4, 0.5) is 5.69 Å². The molecule has 0 amide bonds. The van der Waals surface area contributed by atoms with Crippen molar-refractivity contribution in [3.63, 3.8) is 0 Å². The SMILES string of the molecule is COCCn1nnnc1[C@@H](c1cc2cc(C)cc(C)c2[nH]c1=O)N1CCc2ccccc21. The van der Waals surface area contributed by atoms with Gasteiger partial charge in [0, 0.05) is 24.9 Å². The number of para-hydroxylation sites is 1. The highest BCUT2D eigenvalue weighted by molar-refractivity contribution is 5.83. The summed E-state index contributed by atoms with van der Waals surface area (Å²) in [6.07, 6.45) is 0.913. The van der Waals surface area contributed by atoms with Crippen molar-refractivity contribution >= 4 is 16.6 Å². The van der Waals surface area contributed by atoms with Gasteiger partial charge >= 0.3 is 0 Å². The van der Waals surface area contributed by atoms with Crippen LogP contribution in [0.15, 0.2) is 47.3 Å². The van der Waals surface area contributed by atoms with Crippen LogP contribution in [-0.2, 0) is 17.7 Å². The summed E-state index contributed by atoms with van der Waals surface area (Å²) in [5.74, 6) is 0.632. The van der Waals surface area contributed by atoms with Crippen LogP contribution in [0.5, 0.6) is 0 Å². The summed E-state index contributed by atoms with van der Waals surface area (Å²) < 4.78 is 6.98. The number of aryl methyl sites for hydroxylation is 2. The molecule has 1 atom stereocenters. The molecule has 0 radical (unpaired) electrons. The molecule has 1 aliphatic rings. The first kappa shape index (κ1) is 20.4. The molecular formula is C24H26N6O2. The lowest BCUT2D eigenvalue weighted by Crippen LogP contribution is -2.34. The van der Waals surface area contributed by atoms with Gasteiger partial charge < -0.3 is 14.6 Å². The van der Waals surface area contributed by atoms with E-state index in [1.54, 1.807) is 11.8 Å². The van der Waals surface area contributed by atoms with Gasteiger partial charge in [0.15, 0.2) is 5.82 Å². The number of methoxy groups -OCH3 is 1. The first-order chi connectivity index (χ1) is 15.6. The van der Waals surface area contributed by atoms with Crippen molar-refractivity contribution in [2.75, 3.05) is 25.2 Å². The predicted molar refractivity (Wildman–Crippen MR) is 123 cm³/mol. The Morgan fingerprint density at radius 2 is 2.03 bits per heavy atom. The lowest BCUT2D eigenvalue weighted by molar-refractivity contribution is 0.181. The summed E-state index contributed by atoms with van der Waals surface area (Å²) in [6.45, 7) is 5.86. The van der Waals surface area contributed by atoms with E-state index in [4.69, 9.17) is 4.74 Å². The number of nitrogens with zero attached hydrogens (tertiary/aromatic N) is 5. The molecule has 0 fully saturated rings. The van der Waals surface area contributed by atoms with Gasteiger partial charge in [0.1, 0.15) is 6.04 Å². The molecule has 0 spiro atoms. The Morgan fingerprint density at radius 3 is 2.88 bits per heavy atom. The zero-order chi connectivity index (χ0) is 22.2. The fourth-order valence-electron chi connectivity index (χ4n) is 4.73. The highest BCUT2D eigenvalue weighted by Crippen LogP contribution is 2.37. The molecule has 2 aromatic carbocycles. The van der Waals surface area contributed by atoms with E-state index < -0.39 is 6.04 Å². The van der Waals surface area contributed by atoms with Crippen LogP contribution < -0.4 is 10.5 Å². The van der Waals surface area contributed by atoms with Crippen LogP contribution in [0.1, 0.15) is 34.1 Å². The molecule has 3 heterocycles. The van der Waals surface area contributed by atoms with E-state index in [1.165, 1.54) is 5.56 Å². The molecule has 1 aliphatic heterocycles. The van der Waals surface area contributed by atoms with Gasteiger partial charge in [-0.05, 0) is 65.4 Å². The van der Waals surface area contributed by atoms with Gasteiger partial charge in [0.25, 0.3) is 5.56 Å². The fourth-order valence-corrected chi connectivity index (χ4v) is 4.73. The molecule has 2 aromatic heterocycles. The van der Waals surface area contributed by atoms with Crippen molar-refractivity contribution in [1.29, 1.82) is 0 Å². The molecule has 0 aliphatic carbocycles. The summed E-state index contributed by atoms with van der Waals surface area (Å²) in [6, 6.07) is 14.1. The van der Waals surface area contributed by atoms with Gasteiger partial charge in [0.2, 0.25) is 0 Å². The van der Waals surface area contributed by atoms with Crippen LogP contribution in [0, 0.1) is 13.8 Å². The molecule has 32 heavy (non-hydrogen) atoms. The van der Waals surface area contributed by atoms with Gasteiger partial charge in [-0.2, -0.15) is 0 Å². The largest absolute Gasteiger partial charge is 0.383 e. The summed E-state index contributed by atoms with van der Waals surface area (Å²) in [7, 11) is 1.65. The molecule has 0 saturated carbocycles. The second-order valence-electron chi connectivity index (χ2n) is 8.33. The Kier molecular flexibility index (Phi) is 5.22. The molecule has 8 heteroatoms. The van der Waals surface area contributed by atoms with Gasteiger partial charge in [-0.3, -0.25) is 4.79 Å². The molecule has 8 nitrogen and oxygen atoms in total. The zero-order valence-electron chi connectivity index (χ0n) is 18.5. The van der Waals surface area contributed by atoms with E-state index in [1.807, 2.05) is 25.1 Å². The number of nitrogens with one attached hydrogen (secondary N) is 1. The average Bonchev–Trinajstić information content (AvgIpc) is 3.41. The number of tetrazole rings is 1. The maximum Gasteiger partial charge on any atom is 0.254 e. The van der Waals surface area contributed by atoms with Crippen LogP contribution in [0.2, 0.25) is 0 Å². The van der Waals surface area contributed by atoms with Gasteiger partial charge in [-0.1, -0.05) is 29.8 Å². The normalized spacial score (nSPS) is 14.2. The zero-order valence-corrected chi connectivity index (χ0v) is 18.5. The number of benzene rings is 2. The number of hydrogen-bond donors (Lipinski definition) is 1. The number of anilines is 1. The quantitative estimate of drug-likeness (QED) is 0.506. The third-order valence-electron chi connectivity index (χ3n) is 6.16. The number of aromatic amines is 1. The maximum absolute atomic E-state index is 13.4. The smallest absolute Gasteiger partial charge is 0.254 e. The summed E-state index contributed by atoms with van der Waals surface area (Å²) in [4.78, 5) is 18.8. The summed E-state index contributed by atoms with van der Waals surface area (Å²) in [5, 5.41) is 13.5. The molecule has 5 rings (SSSR count). The minimum Gasteiger partial charge on any atom is -0.383 e. The molecule has 1 N–H and O–H groups in total. The first-order valence-electron chi connectivity index (χ1n) is 10.8.